The molecule has 1 aromatic carbocycles. The Morgan fingerprint density at radius 3 is 2.35 bits per heavy atom. The van der Waals surface area contributed by atoms with E-state index in [1.165, 1.54) is 23.1 Å². The van der Waals surface area contributed by atoms with Crippen LogP contribution in [0.1, 0.15) is 24.2 Å². The Morgan fingerprint density at radius 2 is 1.80 bits per heavy atom. The fraction of sp³-hybridized carbons (Fsp3) is 0.308. The quantitative estimate of drug-likeness (QED) is 0.624. The third-order valence-corrected chi connectivity index (χ3v) is 2.62. The Labute approximate surface area is 115 Å². The second-order valence-corrected chi connectivity index (χ2v) is 3.90. The second-order valence-electron chi connectivity index (χ2n) is 3.90. The highest BCUT2D eigenvalue weighted by Crippen LogP contribution is 2.02. The van der Waals surface area contributed by atoms with Gasteiger partial charge in [0, 0.05) is 18.7 Å². The molecule has 0 spiro atoms. The van der Waals surface area contributed by atoms with E-state index in [-0.39, 0.29) is 5.56 Å². The number of amides is 3. The molecule has 20 heavy (non-hydrogen) atoms. The van der Waals surface area contributed by atoms with Crippen molar-refractivity contribution in [3.8, 4) is 0 Å². The Bertz CT molecular complexity index is 515. The van der Waals surface area contributed by atoms with Crippen LogP contribution in [0.3, 0.4) is 0 Å². The van der Waals surface area contributed by atoms with Crippen molar-refractivity contribution in [3.05, 3.63) is 35.6 Å². The fourth-order valence-electron chi connectivity index (χ4n) is 1.52. The van der Waals surface area contributed by atoms with Crippen molar-refractivity contribution in [3.63, 3.8) is 0 Å². The SMILES string of the molecule is CCN(CC)C(=O)C(=O)NNC(=O)c1cccc(F)c1. The van der Waals surface area contributed by atoms with Gasteiger partial charge in [-0.2, -0.15) is 0 Å². The third kappa shape index (κ3) is 4.04. The van der Waals surface area contributed by atoms with Gasteiger partial charge in [-0.25, -0.2) is 4.39 Å². The summed E-state index contributed by atoms with van der Waals surface area (Å²) in [5, 5.41) is 0. The maximum absolute atomic E-state index is 12.9. The lowest BCUT2D eigenvalue weighted by atomic mass is 10.2. The van der Waals surface area contributed by atoms with Crippen LogP contribution in [-0.2, 0) is 9.59 Å². The Hall–Kier alpha value is -2.44. The minimum absolute atomic E-state index is 0.0422. The van der Waals surface area contributed by atoms with Crippen molar-refractivity contribution in [2.24, 2.45) is 0 Å². The molecular formula is C13H16FN3O3. The highest BCUT2D eigenvalue weighted by molar-refractivity contribution is 6.35. The maximum atomic E-state index is 12.9. The smallest absolute Gasteiger partial charge is 0.327 e. The summed E-state index contributed by atoms with van der Waals surface area (Å²) in [7, 11) is 0. The Morgan fingerprint density at radius 1 is 1.15 bits per heavy atom. The number of nitrogens with one attached hydrogen (secondary N) is 2. The first-order chi connectivity index (χ1) is 9.49. The molecule has 1 aromatic rings. The molecule has 3 amide bonds. The van der Waals surface area contributed by atoms with Gasteiger partial charge in [0.15, 0.2) is 0 Å². The molecule has 0 aliphatic rings. The zero-order valence-corrected chi connectivity index (χ0v) is 11.3. The molecule has 0 radical (unpaired) electrons. The summed E-state index contributed by atoms with van der Waals surface area (Å²) in [6, 6.07) is 4.97. The first-order valence-electron chi connectivity index (χ1n) is 6.14. The summed E-state index contributed by atoms with van der Waals surface area (Å²) >= 11 is 0. The average Bonchev–Trinajstić information content (AvgIpc) is 2.45. The number of halogens is 1. The lowest BCUT2D eigenvalue weighted by Gasteiger charge is -2.17. The van der Waals surface area contributed by atoms with E-state index in [1.54, 1.807) is 13.8 Å². The predicted molar refractivity (Wildman–Crippen MR) is 69.9 cm³/mol. The van der Waals surface area contributed by atoms with Gasteiger partial charge in [-0.1, -0.05) is 6.07 Å². The van der Waals surface area contributed by atoms with Crippen LogP contribution in [0, 0.1) is 5.82 Å². The van der Waals surface area contributed by atoms with Gasteiger partial charge in [-0.05, 0) is 32.0 Å². The zero-order chi connectivity index (χ0) is 15.1. The predicted octanol–water partition coefficient (Wildman–Crippen LogP) is 0.455. The summed E-state index contributed by atoms with van der Waals surface area (Å²) in [6.07, 6.45) is 0. The van der Waals surface area contributed by atoms with Crippen molar-refractivity contribution in [2.75, 3.05) is 13.1 Å². The van der Waals surface area contributed by atoms with E-state index < -0.39 is 23.5 Å². The van der Waals surface area contributed by atoms with Crippen molar-refractivity contribution < 1.29 is 18.8 Å². The molecule has 0 bridgehead atoms. The number of carbonyl (C=O) groups excluding carboxylic acids is 3. The van der Waals surface area contributed by atoms with Crippen LogP contribution in [-0.4, -0.2) is 35.7 Å². The highest BCUT2D eigenvalue weighted by atomic mass is 19.1. The molecule has 0 aliphatic heterocycles. The molecule has 6 nitrogen and oxygen atoms in total. The van der Waals surface area contributed by atoms with E-state index >= 15 is 0 Å². The summed E-state index contributed by atoms with van der Waals surface area (Å²) in [4.78, 5) is 36.0. The summed E-state index contributed by atoms with van der Waals surface area (Å²) in [6.45, 7) is 4.25. The number of nitrogens with zero attached hydrogens (tertiary/aromatic N) is 1. The van der Waals surface area contributed by atoms with E-state index in [1.807, 2.05) is 5.43 Å². The minimum Gasteiger partial charge on any atom is -0.335 e. The Balaban J connectivity index is 2.57. The van der Waals surface area contributed by atoms with Crippen LogP contribution in [0.25, 0.3) is 0 Å². The molecule has 0 heterocycles. The van der Waals surface area contributed by atoms with Gasteiger partial charge in [0.05, 0.1) is 0 Å². The van der Waals surface area contributed by atoms with Crippen molar-refractivity contribution in [2.45, 2.75) is 13.8 Å². The number of benzene rings is 1. The van der Waals surface area contributed by atoms with Crippen LogP contribution in [0.2, 0.25) is 0 Å². The van der Waals surface area contributed by atoms with Gasteiger partial charge in [0.2, 0.25) is 0 Å². The molecule has 0 fully saturated rings. The largest absolute Gasteiger partial charge is 0.335 e. The van der Waals surface area contributed by atoms with Crippen molar-refractivity contribution in [1.29, 1.82) is 0 Å². The highest BCUT2D eigenvalue weighted by Gasteiger charge is 2.19. The zero-order valence-electron chi connectivity index (χ0n) is 11.3. The molecule has 2 N–H and O–H groups in total. The molecular weight excluding hydrogens is 265 g/mol. The van der Waals surface area contributed by atoms with E-state index in [9.17, 15) is 18.8 Å². The van der Waals surface area contributed by atoms with Crippen molar-refractivity contribution in [1.82, 2.24) is 15.8 Å². The summed E-state index contributed by atoms with van der Waals surface area (Å²) in [5.74, 6) is -2.96. The fourth-order valence-corrected chi connectivity index (χ4v) is 1.52. The van der Waals surface area contributed by atoms with Crippen LogP contribution in [0.5, 0.6) is 0 Å². The van der Waals surface area contributed by atoms with Crippen LogP contribution in [0.15, 0.2) is 24.3 Å². The standard InChI is InChI=1S/C13H16FN3O3/c1-3-17(4-2)13(20)12(19)16-15-11(18)9-6-5-7-10(14)8-9/h5-8H,3-4H2,1-2H3,(H,15,18)(H,16,19). The first kappa shape index (κ1) is 15.6. The number of hydrazine groups is 1. The Kier molecular flexibility index (Phi) is 5.64. The summed E-state index contributed by atoms with van der Waals surface area (Å²) in [5.41, 5.74) is 4.10. The topological polar surface area (TPSA) is 78.5 Å². The molecule has 0 unspecified atom stereocenters. The molecule has 1 rings (SSSR count). The van der Waals surface area contributed by atoms with Crippen molar-refractivity contribution >= 4 is 17.7 Å². The molecule has 0 saturated heterocycles. The number of rotatable bonds is 3. The average molecular weight is 281 g/mol. The van der Waals surface area contributed by atoms with E-state index in [0.29, 0.717) is 13.1 Å². The van der Waals surface area contributed by atoms with Crippen LogP contribution >= 0.6 is 0 Å². The van der Waals surface area contributed by atoms with Gasteiger partial charge in [-0.15, -0.1) is 0 Å². The van der Waals surface area contributed by atoms with E-state index in [2.05, 4.69) is 5.43 Å². The summed E-state index contributed by atoms with van der Waals surface area (Å²) < 4.78 is 12.9. The monoisotopic (exact) mass is 281 g/mol. The number of carbonyl (C=O) groups is 3. The van der Waals surface area contributed by atoms with Gasteiger partial charge in [0.25, 0.3) is 5.91 Å². The van der Waals surface area contributed by atoms with Gasteiger partial charge in [-0.3, -0.25) is 25.2 Å². The van der Waals surface area contributed by atoms with Crippen LogP contribution in [0.4, 0.5) is 4.39 Å². The molecule has 0 aliphatic carbocycles. The van der Waals surface area contributed by atoms with Gasteiger partial charge >= 0.3 is 11.8 Å². The lowest BCUT2D eigenvalue weighted by molar-refractivity contribution is -0.146. The van der Waals surface area contributed by atoms with Gasteiger partial charge < -0.3 is 4.90 Å². The molecule has 0 atom stereocenters. The maximum Gasteiger partial charge on any atom is 0.327 e. The normalized spacial score (nSPS) is 9.75. The van der Waals surface area contributed by atoms with Gasteiger partial charge in [0.1, 0.15) is 5.82 Å². The molecule has 108 valence electrons. The molecule has 7 heteroatoms. The lowest BCUT2D eigenvalue weighted by Crippen LogP contribution is -2.49. The second kappa shape index (κ2) is 7.22. The number of hydrogen-bond acceptors (Lipinski definition) is 3. The van der Waals surface area contributed by atoms with E-state index in [0.717, 1.165) is 6.07 Å². The first-order valence-corrected chi connectivity index (χ1v) is 6.14. The minimum atomic E-state index is -0.946. The number of likely N-dealkylation sites (N-methyl/N-ethyl adjacent to an activating group) is 1. The van der Waals surface area contributed by atoms with E-state index in [4.69, 9.17) is 0 Å². The number of hydrogen-bond donors (Lipinski definition) is 2. The third-order valence-electron chi connectivity index (χ3n) is 2.62. The van der Waals surface area contributed by atoms with Crippen LogP contribution < -0.4 is 10.9 Å². The molecule has 0 aromatic heterocycles. The molecule has 0 saturated carbocycles.